The van der Waals surface area contributed by atoms with Crippen molar-refractivity contribution < 1.29 is 4.79 Å². The Bertz CT molecular complexity index is 384. The Balaban J connectivity index is 0. The summed E-state index contributed by atoms with van der Waals surface area (Å²) in [4.78, 5) is 15.8. The molecule has 1 aromatic rings. The number of pyridine rings is 1. The highest BCUT2D eigenvalue weighted by Crippen LogP contribution is 2.13. The molecule has 0 saturated heterocycles. The number of aromatic nitrogens is 1. The lowest BCUT2D eigenvalue weighted by atomic mass is 10.2. The standard InChI is InChI=1S/C12H19N3O.2ClH/c1-8(13)4-7-12(16)15-11-6-5-9(2)14-10(11)3;;/h5-6,8H,4,7,13H2,1-3H3,(H,15,16);2*1H. The summed E-state index contributed by atoms with van der Waals surface area (Å²) in [7, 11) is 0. The van der Waals surface area contributed by atoms with Gasteiger partial charge in [-0.25, -0.2) is 0 Å². The summed E-state index contributed by atoms with van der Waals surface area (Å²) in [5, 5.41) is 2.84. The van der Waals surface area contributed by atoms with E-state index >= 15 is 0 Å². The lowest BCUT2D eigenvalue weighted by Gasteiger charge is -2.09. The summed E-state index contributed by atoms with van der Waals surface area (Å²) in [6, 6.07) is 3.82. The minimum atomic E-state index is -0.00828. The van der Waals surface area contributed by atoms with Gasteiger partial charge in [0, 0.05) is 18.2 Å². The van der Waals surface area contributed by atoms with Gasteiger partial charge in [-0.3, -0.25) is 9.78 Å². The molecule has 3 N–H and O–H groups in total. The van der Waals surface area contributed by atoms with Crippen LogP contribution >= 0.6 is 24.8 Å². The van der Waals surface area contributed by atoms with Crippen molar-refractivity contribution in [1.29, 1.82) is 0 Å². The van der Waals surface area contributed by atoms with Crippen LogP contribution in [0, 0.1) is 13.8 Å². The molecule has 104 valence electrons. The highest BCUT2D eigenvalue weighted by Gasteiger charge is 2.06. The average Bonchev–Trinajstić information content (AvgIpc) is 2.19. The summed E-state index contributed by atoms with van der Waals surface area (Å²) >= 11 is 0. The van der Waals surface area contributed by atoms with E-state index in [0.29, 0.717) is 12.8 Å². The third kappa shape index (κ3) is 6.79. The Morgan fingerprint density at radius 3 is 2.50 bits per heavy atom. The van der Waals surface area contributed by atoms with E-state index in [4.69, 9.17) is 5.73 Å². The number of rotatable bonds is 4. The van der Waals surface area contributed by atoms with Crippen molar-refractivity contribution in [2.45, 2.75) is 39.7 Å². The molecular weight excluding hydrogens is 273 g/mol. The quantitative estimate of drug-likeness (QED) is 0.897. The topological polar surface area (TPSA) is 68.0 Å². The number of aryl methyl sites for hydroxylation is 2. The Kier molecular flexibility index (Phi) is 9.90. The van der Waals surface area contributed by atoms with Crippen LogP contribution in [0.4, 0.5) is 5.69 Å². The van der Waals surface area contributed by atoms with Gasteiger partial charge in [-0.1, -0.05) is 0 Å². The summed E-state index contributed by atoms with van der Waals surface area (Å²) in [6.07, 6.45) is 1.15. The van der Waals surface area contributed by atoms with Crippen molar-refractivity contribution in [1.82, 2.24) is 4.98 Å². The Labute approximate surface area is 121 Å². The molecule has 0 aromatic carbocycles. The van der Waals surface area contributed by atoms with Gasteiger partial charge in [0.1, 0.15) is 0 Å². The van der Waals surface area contributed by atoms with E-state index in [9.17, 15) is 4.79 Å². The van der Waals surface area contributed by atoms with Crippen LogP contribution in [-0.2, 0) is 4.79 Å². The van der Waals surface area contributed by atoms with Crippen LogP contribution in [0.5, 0.6) is 0 Å². The largest absolute Gasteiger partial charge is 0.328 e. The first kappa shape index (κ1) is 19.5. The van der Waals surface area contributed by atoms with Crippen LogP contribution in [-0.4, -0.2) is 16.9 Å². The molecule has 1 unspecified atom stereocenters. The van der Waals surface area contributed by atoms with Gasteiger partial charge in [0.2, 0.25) is 5.91 Å². The van der Waals surface area contributed by atoms with Gasteiger partial charge in [-0.15, -0.1) is 24.8 Å². The van der Waals surface area contributed by atoms with Crippen LogP contribution in [0.15, 0.2) is 12.1 Å². The molecule has 1 rings (SSSR count). The molecule has 18 heavy (non-hydrogen) atoms. The first-order valence-electron chi connectivity index (χ1n) is 5.48. The zero-order chi connectivity index (χ0) is 12.1. The zero-order valence-electron chi connectivity index (χ0n) is 10.9. The molecular formula is C12H21Cl2N3O. The Hall–Kier alpha value is -0.840. The lowest BCUT2D eigenvalue weighted by Crippen LogP contribution is -2.19. The minimum absolute atomic E-state index is 0. The number of nitrogens with one attached hydrogen (secondary N) is 1. The molecule has 0 aliphatic carbocycles. The first-order valence-corrected chi connectivity index (χ1v) is 5.48. The van der Waals surface area contributed by atoms with Gasteiger partial charge in [0.25, 0.3) is 0 Å². The molecule has 0 spiro atoms. The van der Waals surface area contributed by atoms with Crippen molar-refractivity contribution >= 4 is 36.4 Å². The molecule has 4 nitrogen and oxygen atoms in total. The number of amides is 1. The van der Waals surface area contributed by atoms with E-state index in [0.717, 1.165) is 17.1 Å². The molecule has 0 bridgehead atoms. The maximum absolute atomic E-state index is 11.6. The van der Waals surface area contributed by atoms with Crippen LogP contribution < -0.4 is 11.1 Å². The minimum Gasteiger partial charge on any atom is -0.328 e. The second-order valence-electron chi connectivity index (χ2n) is 4.15. The number of carbonyl (C=O) groups excluding carboxylic acids is 1. The number of anilines is 1. The van der Waals surface area contributed by atoms with Gasteiger partial charge in [0.05, 0.1) is 11.4 Å². The van der Waals surface area contributed by atoms with Crippen LogP contribution in [0.3, 0.4) is 0 Å². The van der Waals surface area contributed by atoms with E-state index in [2.05, 4.69) is 10.3 Å². The van der Waals surface area contributed by atoms with Gasteiger partial charge >= 0.3 is 0 Å². The fourth-order valence-electron chi connectivity index (χ4n) is 1.39. The third-order valence-corrected chi connectivity index (χ3v) is 2.33. The number of nitrogens with zero attached hydrogens (tertiary/aromatic N) is 1. The fraction of sp³-hybridized carbons (Fsp3) is 0.500. The lowest BCUT2D eigenvalue weighted by molar-refractivity contribution is -0.116. The number of hydrogen-bond acceptors (Lipinski definition) is 3. The molecule has 0 saturated carbocycles. The van der Waals surface area contributed by atoms with E-state index in [1.807, 2.05) is 32.9 Å². The molecule has 1 amide bonds. The molecule has 0 radical (unpaired) electrons. The second kappa shape index (κ2) is 9.14. The average molecular weight is 294 g/mol. The Morgan fingerprint density at radius 2 is 2.00 bits per heavy atom. The highest BCUT2D eigenvalue weighted by molar-refractivity contribution is 5.91. The first-order chi connectivity index (χ1) is 7.49. The number of halogens is 2. The molecule has 6 heteroatoms. The monoisotopic (exact) mass is 293 g/mol. The predicted octanol–water partition coefficient (Wildman–Crippen LogP) is 2.61. The summed E-state index contributed by atoms with van der Waals surface area (Å²) < 4.78 is 0. The maximum atomic E-state index is 11.6. The normalized spacial score (nSPS) is 10.9. The second-order valence-corrected chi connectivity index (χ2v) is 4.15. The third-order valence-electron chi connectivity index (χ3n) is 2.33. The molecule has 1 heterocycles. The van der Waals surface area contributed by atoms with Crippen molar-refractivity contribution in [2.24, 2.45) is 5.73 Å². The molecule has 0 fully saturated rings. The summed E-state index contributed by atoms with van der Waals surface area (Å²) in [5.41, 5.74) is 8.16. The van der Waals surface area contributed by atoms with E-state index in [1.165, 1.54) is 0 Å². The van der Waals surface area contributed by atoms with Gasteiger partial charge in [0.15, 0.2) is 0 Å². The molecule has 0 aliphatic heterocycles. The zero-order valence-corrected chi connectivity index (χ0v) is 12.5. The smallest absolute Gasteiger partial charge is 0.224 e. The molecule has 1 aromatic heterocycles. The predicted molar refractivity (Wildman–Crippen MR) is 79.7 cm³/mol. The van der Waals surface area contributed by atoms with Crippen molar-refractivity contribution in [2.75, 3.05) is 5.32 Å². The number of nitrogens with two attached hydrogens (primary N) is 1. The van der Waals surface area contributed by atoms with E-state index < -0.39 is 0 Å². The van der Waals surface area contributed by atoms with Crippen LogP contribution in [0.2, 0.25) is 0 Å². The van der Waals surface area contributed by atoms with Gasteiger partial charge in [-0.2, -0.15) is 0 Å². The number of carbonyl (C=O) groups is 1. The Morgan fingerprint density at radius 1 is 1.39 bits per heavy atom. The van der Waals surface area contributed by atoms with E-state index in [1.54, 1.807) is 0 Å². The van der Waals surface area contributed by atoms with Gasteiger partial charge < -0.3 is 11.1 Å². The summed E-state index contributed by atoms with van der Waals surface area (Å²) in [6.45, 7) is 5.70. The van der Waals surface area contributed by atoms with Crippen molar-refractivity contribution in [3.63, 3.8) is 0 Å². The SMILES string of the molecule is Cc1ccc(NC(=O)CCC(C)N)c(C)n1.Cl.Cl. The van der Waals surface area contributed by atoms with Crippen LogP contribution in [0.25, 0.3) is 0 Å². The van der Waals surface area contributed by atoms with Crippen LogP contribution in [0.1, 0.15) is 31.2 Å². The molecule has 0 aliphatic rings. The van der Waals surface area contributed by atoms with Crippen molar-refractivity contribution in [3.8, 4) is 0 Å². The molecule has 1 atom stereocenters. The van der Waals surface area contributed by atoms with E-state index in [-0.39, 0.29) is 36.8 Å². The fourth-order valence-corrected chi connectivity index (χ4v) is 1.39. The summed E-state index contributed by atoms with van der Waals surface area (Å²) in [5.74, 6) is -0.00828. The van der Waals surface area contributed by atoms with Crippen molar-refractivity contribution in [3.05, 3.63) is 23.5 Å². The highest BCUT2D eigenvalue weighted by atomic mass is 35.5. The maximum Gasteiger partial charge on any atom is 0.224 e. The number of hydrogen-bond donors (Lipinski definition) is 2. The van der Waals surface area contributed by atoms with Gasteiger partial charge in [-0.05, 0) is 39.3 Å².